The molecule has 1 nitrogen and oxygen atoms in total. The molecule has 29 heavy (non-hydrogen) atoms. The fraction of sp³-hybridized carbons (Fsp3) is 0.0769. The van der Waals surface area contributed by atoms with Crippen LogP contribution < -0.4 is 20.7 Å². The molecule has 1 N–H and O–H groups in total. The van der Waals surface area contributed by atoms with Crippen molar-refractivity contribution in [3.05, 3.63) is 109 Å². The summed E-state index contributed by atoms with van der Waals surface area (Å²) in [5, 5.41) is 4.89. The lowest BCUT2D eigenvalue weighted by atomic mass is 10.1. The summed E-state index contributed by atoms with van der Waals surface area (Å²) in [6.45, 7) is 4.38. The van der Waals surface area contributed by atoms with Crippen LogP contribution in [0.4, 0.5) is 0 Å². The Morgan fingerprint density at radius 2 is 1.14 bits per heavy atom. The summed E-state index contributed by atoms with van der Waals surface area (Å²) in [6.07, 6.45) is 0. The zero-order chi connectivity index (χ0) is 20.3. The van der Waals surface area contributed by atoms with Crippen molar-refractivity contribution in [1.82, 2.24) is 0 Å². The maximum atomic E-state index is 11.7. The monoisotopic (exact) mass is 409 g/mol. The van der Waals surface area contributed by atoms with Crippen molar-refractivity contribution in [2.45, 2.75) is 13.1 Å². The van der Waals surface area contributed by atoms with Gasteiger partial charge >= 0.3 is 0 Å². The van der Waals surface area contributed by atoms with Gasteiger partial charge in [0.2, 0.25) is 8.32 Å². The first-order valence-electron chi connectivity index (χ1n) is 9.95. The second-order valence-corrected chi connectivity index (χ2v) is 13.1. The van der Waals surface area contributed by atoms with Crippen molar-refractivity contribution in [3.63, 3.8) is 0 Å². The van der Waals surface area contributed by atoms with Gasteiger partial charge in [0, 0.05) is 0 Å². The van der Waals surface area contributed by atoms with E-state index in [1.807, 2.05) is 42.9 Å². The normalized spacial score (nSPS) is 13.2. The summed E-state index contributed by atoms with van der Waals surface area (Å²) in [4.78, 5) is 11.7. The molecular weight excluding hydrogens is 384 g/mol. The second-order valence-electron chi connectivity index (χ2n) is 7.52. The molecule has 1 radical (unpaired) electrons. The van der Waals surface area contributed by atoms with Gasteiger partial charge in [0.25, 0.3) is 0 Å². The second kappa shape index (κ2) is 8.33. The van der Waals surface area contributed by atoms with E-state index in [0.717, 1.165) is 15.9 Å². The standard InChI is InChI=1S/C26H25OSi2/c1-28(21-13-5-3-6-14-21)25-19-11-9-17-23(25)24-18-10-12-20-26(24)29(2,27)22-15-7-4-8-16-22/h3-20,27H,1-2H3. The maximum Gasteiger partial charge on any atom is 0.250 e. The summed E-state index contributed by atoms with van der Waals surface area (Å²) in [6, 6.07) is 38.0. The van der Waals surface area contributed by atoms with Crippen molar-refractivity contribution >= 4 is 37.9 Å². The molecule has 0 aromatic heterocycles. The molecule has 0 saturated carbocycles. The molecule has 4 rings (SSSR count). The van der Waals surface area contributed by atoms with Crippen LogP contribution in [0.1, 0.15) is 0 Å². The highest BCUT2D eigenvalue weighted by Crippen LogP contribution is 2.19. The smallest absolute Gasteiger partial charge is 0.250 e. The van der Waals surface area contributed by atoms with Gasteiger partial charge < -0.3 is 4.80 Å². The molecular formula is C26H25OSi2. The first-order chi connectivity index (χ1) is 14.1. The van der Waals surface area contributed by atoms with Crippen LogP contribution in [0.3, 0.4) is 0 Å². The van der Waals surface area contributed by atoms with Gasteiger partial charge in [0.05, 0.1) is 0 Å². The predicted molar refractivity (Wildman–Crippen MR) is 129 cm³/mol. The van der Waals surface area contributed by atoms with Gasteiger partial charge in [0.1, 0.15) is 8.80 Å². The van der Waals surface area contributed by atoms with Gasteiger partial charge in [-0.25, -0.2) is 0 Å². The molecule has 1 unspecified atom stereocenters. The van der Waals surface area contributed by atoms with Crippen LogP contribution in [0.2, 0.25) is 13.1 Å². The van der Waals surface area contributed by atoms with Gasteiger partial charge in [-0.1, -0.05) is 121 Å². The molecule has 1 atom stereocenters. The van der Waals surface area contributed by atoms with E-state index in [4.69, 9.17) is 0 Å². The molecule has 4 aromatic rings. The highest BCUT2D eigenvalue weighted by atomic mass is 28.4. The van der Waals surface area contributed by atoms with Gasteiger partial charge in [-0.05, 0) is 33.2 Å². The lowest BCUT2D eigenvalue weighted by Crippen LogP contribution is -2.57. The van der Waals surface area contributed by atoms with Crippen molar-refractivity contribution in [1.29, 1.82) is 0 Å². The topological polar surface area (TPSA) is 20.2 Å². The molecule has 0 amide bonds. The van der Waals surface area contributed by atoms with Crippen molar-refractivity contribution in [3.8, 4) is 11.1 Å². The highest BCUT2D eigenvalue weighted by Gasteiger charge is 2.32. The quantitative estimate of drug-likeness (QED) is 0.502. The first kappa shape index (κ1) is 19.6. The van der Waals surface area contributed by atoms with E-state index in [1.165, 1.54) is 15.9 Å². The number of benzene rings is 4. The van der Waals surface area contributed by atoms with E-state index in [-0.39, 0.29) is 0 Å². The number of hydrogen-bond donors (Lipinski definition) is 1. The van der Waals surface area contributed by atoms with Crippen LogP contribution in [0.25, 0.3) is 11.1 Å². The largest absolute Gasteiger partial charge is 0.424 e. The summed E-state index contributed by atoms with van der Waals surface area (Å²) in [5.41, 5.74) is 2.40. The van der Waals surface area contributed by atoms with Gasteiger partial charge in [-0.15, -0.1) is 0 Å². The predicted octanol–water partition coefficient (Wildman–Crippen LogP) is 3.27. The summed E-state index contributed by atoms with van der Waals surface area (Å²) >= 11 is 0. The van der Waals surface area contributed by atoms with E-state index in [0.29, 0.717) is 0 Å². The Labute approximate surface area is 176 Å². The average Bonchev–Trinajstić information content (AvgIpc) is 2.80. The Bertz CT molecular complexity index is 1090. The maximum absolute atomic E-state index is 11.7. The van der Waals surface area contributed by atoms with E-state index < -0.39 is 17.1 Å². The molecule has 143 valence electrons. The number of rotatable bonds is 5. The Kier molecular flexibility index (Phi) is 5.63. The SMILES string of the molecule is C[Si](c1ccccc1)c1ccccc1-c1ccccc1[Si](C)(O)c1ccccc1. The minimum Gasteiger partial charge on any atom is -0.424 e. The van der Waals surface area contributed by atoms with Gasteiger partial charge in [-0.3, -0.25) is 0 Å². The molecule has 0 fully saturated rings. The van der Waals surface area contributed by atoms with Crippen LogP contribution in [0, 0.1) is 0 Å². The third kappa shape index (κ3) is 3.90. The summed E-state index contributed by atoms with van der Waals surface area (Å²) < 4.78 is 0. The van der Waals surface area contributed by atoms with E-state index in [2.05, 4.69) is 79.3 Å². The van der Waals surface area contributed by atoms with Gasteiger partial charge in [-0.2, -0.15) is 0 Å². The molecule has 0 aliphatic heterocycles. The lowest BCUT2D eigenvalue weighted by Gasteiger charge is -2.26. The van der Waals surface area contributed by atoms with E-state index >= 15 is 0 Å². The highest BCUT2D eigenvalue weighted by molar-refractivity contribution is 6.96. The zero-order valence-electron chi connectivity index (χ0n) is 16.8. The van der Waals surface area contributed by atoms with Crippen LogP contribution in [-0.2, 0) is 0 Å². The molecule has 0 aliphatic rings. The van der Waals surface area contributed by atoms with Crippen molar-refractivity contribution < 1.29 is 4.80 Å². The summed E-state index contributed by atoms with van der Waals surface area (Å²) in [7, 11) is -3.72. The van der Waals surface area contributed by atoms with E-state index in [1.54, 1.807) is 0 Å². The zero-order valence-corrected chi connectivity index (χ0v) is 18.8. The molecule has 0 aliphatic carbocycles. The Morgan fingerprint density at radius 1 is 0.621 bits per heavy atom. The minimum atomic E-state index is -2.81. The lowest BCUT2D eigenvalue weighted by molar-refractivity contribution is 0.576. The third-order valence-electron chi connectivity index (χ3n) is 5.62. The molecule has 3 heteroatoms. The molecule has 0 heterocycles. The van der Waals surface area contributed by atoms with Crippen LogP contribution in [0.5, 0.6) is 0 Å². The fourth-order valence-corrected chi connectivity index (χ4v) is 8.24. The van der Waals surface area contributed by atoms with Gasteiger partial charge in [0.15, 0.2) is 0 Å². The van der Waals surface area contributed by atoms with Crippen molar-refractivity contribution in [2.24, 2.45) is 0 Å². The molecule has 4 aromatic carbocycles. The Hall–Kier alpha value is -2.73. The van der Waals surface area contributed by atoms with Crippen LogP contribution in [0.15, 0.2) is 109 Å². The molecule has 0 spiro atoms. The van der Waals surface area contributed by atoms with Crippen LogP contribution in [-0.4, -0.2) is 21.9 Å². The number of hydrogen-bond acceptors (Lipinski definition) is 1. The molecule has 0 bridgehead atoms. The summed E-state index contributed by atoms with van der Waals surface area (Å²) in [5.74, 6) is 0. The Balaban J connectivity index is 1.86. The first-order valence-corrected chi connectivity index (χ1v) is 14.4. The minimum absolute atomic E-state index is 0.913. The molecule has 0 saturated heterocycles. The average molecular weight is 410 g/mol. The Morgan fingerprint density at radius 3 is 1.83 bits per heavy atom. The van der Waals surface area contributed by atoms with Crippen LogP contribution >= 0.6 is 0 Å². The fourth-order valence-electron chi connectivity index (χ4n) is 3.95. The van der Waals surface area contributed by atoms with Crippen molar-refractivity contribution in [2.75, 3.05) is 0 Å². The van der Waals surface area contributed by atoms with E-state index in [9.17, 15) is 4.80 Å². The third-order valence-corrected chi connectivity index (χ3v) is 11.0.